The van der Waals surface area contributed by atoms with E-state index < -0.39 is 12.1 Å². The van der Waals surface area contributed by atoms with Crippen LogP contribution in [0.2, 0.25) is 0 Å². The molecule has 2 aliphatic carbocycles. The van der Waals surface area contributed by atoms with E-state index in [1.54, 1.807) is 11.3 Å². The van der Waals surface area contributed by atoms with Gasteiger partial charge in [-0.3, -0.25) is 4.79 Å². The smallest absolute Gasteiger partial charge is 0.303 e. The molecule has 2 saturated carbocycles. The first-order valence-corrected chi connectivity index (χ1v) is 13.0. The van der Waals surface area contributed by atoms with Gasteiger partial charge in [0.2, 0.25) is 0 Å². The molecule has 1 aromatic heterocycles. The predicted molar refractivity (Wildman–Crippen MR) is 126 cm³/mol. The highest BCUT2D eigenvalue weighted by molar-refractivity contribution is 7.09. The number of aliphatic carboxylic acids is 1. The fourth-order valence-corrected chi connectivity index (χ4v) is 6.46. The zero-order valence-electron chi connectivity index (χ0n) is 18.9. The summed E-state index contributed by atoms with van der Waals surface area (Å²) in [6.07, 6.45) is 13.1. The molecule has 0 spiro atoms. The van der Waals surface area contributed by atoms with Crippen LogP contribution in [0.25, 0.3) is 0 Å². The number of carbonyl (C=O) groups is 1. The standard InChI is InChI=1S/C26H37NO4S/c27-18-19-16-23(28)22(21(19)9-3-1-2-4-12-25(30)31)10-5-11-24(29)26(13-7-14-26)17-20-8-6-15-32-20/h5-6,8,10,15,19,21-24,28-29H,1-4,7,9,11-14,16-17H2,(H,30,31)/b10-5+/t19?,21-,22?,23+,24?/m0/s1. The molecule has 3 unspecified atom stereocenters. The van der Waals surface area contributed by atoms with Crippen molar-refractivity contribution >= 4 is 17.3 Å². The van der Waals surface area contributed by atoms with Gasteiger partial charge < -0.3 is 15.3 Å². The molecular formula is C26H37NO4S. The molecule has 5 atom stereocenters. The Morgan fingerprint density at radius 1 is 1.31 bits per heavy atom. The summed E-state index contributed by atoms with van der Waals surface area (Å²) in [7, 11) is 0. The van der Waals surface area contributed by atoms with Gasteiger partial charge in [-0.2, -0.15) is 5.26 Å². The third-order valence-corrected chi connectivity index (χ3v) is 8.55. The minimum absolute atomic E-state index is 0.0198. The van der Waals surface area contributed by atoms with Crippen LogP contribution in [0.1, 0.15) is 75.5 Å². The van der Waals surface area contributed by atoms with Crippen molar-refractivity contribution in [2.45, 2.75) is 89.3 Å². The van der Waals surface area contributed by atoms with E-state index in [9.17, 15) is 20.3 Å². The van der Waals surface area contributed by atoms with Crippen LogP contribution in [0.5, 0.6) is 0 Å². The summed E-state index contributed by atoms with van der Waals surface area (Å²) in [5.74, 6) is -0.799. The van der Waals surface area contributed by atoms with Gasteiger partial charge in [-0.05, 0) is 62.3 Å². The minimum Gasteiger partial charge on any atom is -0.481 e. The monoisotopic (exact) mass is 459 g/mol. The lowest BCUT2D eigenvalue weighted by atomic mass is 9.62. The van der Waals surface area contributed by atoms with E-state index in [1.165, 1.54) is 11.3 Å². The lowest BCUT2D eigenvalue weighted by molar-refractivity contribution is -0.137. The van der Waals surface area contributed by atoms with Crippen molar-refractivity contribution in [3.63, 3.8) is 0 Å². The van der Waals surface area contributed by atoms with E-state index >= 15 is 0 Å². The first kappa shape index (κ1) is 25.0. The van der Waals surface area contributed by atoms with Gasteiger partial charge >= 0.3 is 5.97 Å². The summed E-state index contributed by atoms with van der Waals surface area (Å²) in [6, 6.07) is 6.60. The molecule has 0 amide bonds. The summed E-state index contributed by atoms with van der Waals surface area (Å²) >= 11 is 1.76. The van der Waals surface area contributed by atoms with Crippen molar-refractivity contribution in [2.75, 3.05) is 0 Å². The number of nitriles is 1. The molecule has 0 aromatic carbocycles. The van der Waals surface area contributed by atoms with Gasteiger partial charge in [-0.25, -0.2) is 0 Å². The number of carboxylic acid groups (broad SMARTS) is 1. The Kier molecular flexibility index (Phi) is 9.34. The Morgan fingerprint density at radius 3 is 2.72 bits per heavy atom. The number of aliphatic hydroxyl groups is 2. The minimum atomic E-state index is -0.750. The Bertz CT molecular complexity index is 780. The van der Waals surface area contributed by atoms with E-state index in [2.05, 4.69) is 29.7 Å². The molecule has 0 aliphatic heterocycles. The average molecular weight is 460 g/mol. The SMILES string of the molecule is N#CC1C[C@@H](O)C(/C=C/CC(O)C2(Cc3cccs3)CCC2)[C@H]1CCCCCCC(=O)O. The quantitative estimate of drug-likeness (QED) is 0.273. The first-order chi connectivity index (χ1) is 15.4. The predicted octanol–water partition coefficient (Wildman–Crippen LogP) is 5.33. The van der Waals surface area contributed by atoms with Crippen LogP contribution in [-0.4, -0.2) is 33.5 Å². The molecular weight excluding hydrogens is 422 g/mol. The number of nitrogens with zero attached hydrogens (tertiary/aromatic N) is 1. The van der Waals surface area contributed by atoms with Crippen LogP contribution >= 0.6 is 11.3 Å². The number of hydrogen-bond acceptors (Lipinski definition) is 5. The second-order valence-corrected chi connectivity index (χ2v) is 10.8. The van der Waals surface area contributed by atoms with E-state index in [1.807, 2.05) is 6.08 Å². The molecule has 176 valence electrons. The lowest BCUT2D eigenvalue weighted by Crippen LogP contribution is -2.42. The van der Waals surface area contributed by atoms with Gasteiger partial charge in [0.25, 0.3) is 0 Å². The van der Waals surface area contributed by atoms with Crippen LogP contribution < -0.4 is 0 Å². The Balaban J connectivity index is 1.51. The van der Waals surface area contributed by atoms with Gasteiger partial charge in [-0.15, -0.1) is 11.3 Å². The number of thiophene rings is 1. The Labute approximate surface area is 195 Å². The van der Waals surface area contributed by atoms with Crippen molar-refractivity contribution < 1.29 is 20.1 Å². The molecule has 3 rings (SSSR count). The van der Waals surface area contributed by atoms with E-state index in [0.717, 1.165) is 44.9 Å². The lowest BCUT2D eigenvalue weighted by Gasteiger charge is -2.45. The maximum absolute atomic E-state index is 11.0. The third-order valence-electron chi connectivity index (χ3n) is 7.68. The van der Waals surface area contributed by atoms with Crippen molar-refractivity contribution in [3.05, 3.63) is 34.5 Å². The van der Waals surface area contributed by atoms with Crippen molar-refractivity contribution in [1.29, 1.82) is 5.26 Å². The molecule has 2 aliphatic rings. The molecule has 0 saturated heterocycles. The van der Waals surface area contributed by atoms with Gasteiger partial charge in [0.15, 0.2) is 0 Å². The summed E-state index contributed by atoms with van der Waals surface area (Å²) in [6.45, 7) is 0. The van der Waals surface area contributed by atoms with Crippen molar-refractivity contribution in [1.82, 2.24) is 0 Å². The molecule has 5 nitrogen and oxygen atoms in total. The number of hydrogen-bond donors (Lipinski definition) is 3. The Morgan fingerprint density at radius 2 is 2.09 bits per heavy atom. The molecule has 1 aromatic rings. The maximum atomic E-state index is 11.0. The fraction of sp³-hybridized carbons (Fsp3) is 0.692. The maximum Gasteiger partial charge on any atom is 0.303 e. The largest absolute Gasteiger partial charge is 0.481 e. The second-order valence-electron chi connectivity index (χ2n) is 9.78. The normalized spacial score (nSPS) is 27.8. The summed E-state index contributed by atoms with van der Waals surface area (Å²) in [5, 5.41) is 42.0. The molecule has 0 radical (unpaired) electrons. The average Bonchev–Trinajstić information content (AvgIpc) is 3.35. The highest BCUT2D eigenvalue weighted by Crippen LogP contribution is 2.48. The van der Waals surface area contributed by atoms with E-state index in [-0.39, 0.29) is 35.7 Å². The third kappa shape index (κ3) is 6.43. The highest BCUT2D eigenvalue weighted by atomic mass is 32.1. The van der Waals surface area contributed by atoms with E-state index in [0.29, 0.717) is 19.3 Å². The molecule has 32 heavy (non-hydrogen) atoms. The first-order valence-electron chi connectivity index (χ1n) is 12.1. The number of rotatable bonds is 13. The summed E-state index contributed by atoms with van der Waals surface area (Å²) in [4.78, 5) is 12.0. The van der Waals surface area contributed by atoms with Crippen LogP contribution in [0, 0.1) is 34.5 Å². The zero-order valence-corrected chi connectivity index (χ0v) is 19.7. The summed E-state index contributed by atoms with van der Waals surface area (Å²) < 4.78 is 0. The van der Waals surface area contributed by atoms with E-state index in [4.69, 9.17) is 5.11 Å². The van der Waals surface area contributed by atoms with Crippen LogP contribution in [0.15, 0.2) is 29.7 Å². The molecule has 2 fully saturated rings. The Hall–Kier alpha value is -1.68. The van der Waals surface area contributed by atoms with Crippen LogP contribution in [0.4, 0.5) is 0 Å². The fourth-order valence-electron chi connectivity index (χ4n) is 5.60. The molecule has 6 heteroatoms. The zero-order chi connectivity index (χ0) is 23.0. The van der Waals surface area contributed by atoms with Gasteiger partial charge in [0.05, 0.1) is 24.2 Å². The molecule has 3 N–H and O–H groups in total. The molecule has 0 bridgehead atoms. The second kappa shape index (κ2) is 12.0. The van der Waals surface area contributed by atoms with Crippen molar-refractivity contribution in [3.8, 4) is 6.07 Å². The number of unbranched alkanes of at least 4 members (excludes halogenated alkanes) is 3. The highest BCUT2D eigenvalue weighted by Gasteiger charge is 2.43. The van der Waals surface area contributed by atoms with Crippen LogP contribution in [0.3, 0.4) is 0 Å². The van der Waals surface area contributed by atoms with Gasteiger partial charge in [-0.1, -0.05) is 43.9 Å². The van der Waals surface area contributed by atoms with Gasteiger partial charge in [0, 0.05) is 22.6 Å². The van der Waals surface area contributed by atoms with Crippen molar-refractivity contribution in [2.24, 2.45) is 23.2 Å². The topological polar surface area (TPSA) is 102 Å². The number of aliphatic hydroxyl groups excluding tert-OH is 2. The number of carboxylic acids is 1. The summed E-state index contributed by atoms with van der Waals surface area (Å²) in [5.41, 5.74) is -0.0198. The molecule has 1 heterocycles. The van der Waals surface area contributed by atoms with Gasteiger partial charge in [0.1, 0.15) is 0 Å². The van der Waals surface area contributed by atoms with Crippen LogP contribution in [-0.2, 0) is 11.2 Å².